The molecule has 0 saturated carbocycles. The number of hydrogen-bond donors (Lipinski definition) is 2. The molecule has 1 aromatic carbocycles. The van der Waals surface area contributed by atoms with Gasteiger partial charge in [-0.05, 0) is 37.9 Å². The van der Waals surface area contributed by atoms with Crippen LogP contribution >= 0.6 is 11.5 Å². The summed E-state index contributed by atoms with van der Waals surface area (Å²) in [4.78, 5) is 4.52. The van der Waals surface area contributed by atoms with Crippen LogP contribution in [0.1, 0.15) is 35.8 Å². The first-order valence-electron chi connectivity index (χ1n) is 6.32. The zero-order chi connectivity index (χ0) is 14.0. The molecule has 0 bridgehead atoms. The highest BCUT2D eigenvalue weighted by molar-refractivity contribution is 7.05. The second-order valence-corrected chi connectivity index (χ2v) is 6.00. The van der Waals surface area contributed by atoms with E-state index >= 15 is 0 Å². The highest BCUT2D eigenvalue weighted by atomic mass is 32.1. The molecule has 2 aromatic rings. The third-order valence-corrected chi connectivity index (χ3v) is 4.36. The van der Waals surface area contributed by atoms with Gasteiger partial charge in [-0.25, -0.2) is 4.98 Å². The number of hydrogen-bond acceptors (Lipinski definition) is 5. The van der Waals surface area contributed by atoms with Gasteiger partial charge in [-0.2, -0.15) is 4.37 Å². The van der Waals surface area contributed by atoms with E-state index in [0.717, 1.165) is 17.3 Å². The molecule has 0 aliphatic heterocycles. The van der Waals surface area contributed by atoms with Crippen molar-refractivity contribution in [1.82, 2.24) is 9.36 Å². The van der Waals surface area contributed by atoms with E-state index in [-0.39, 0.29) is 6.04 Å². The fourth-order valence-corrected chi connectivity index (χ4v) is 2.45. The number of aromatic nitrogens is 2. The average molecular weight is 276 g/mol. The molecular weight excluding hydrogens is 256 g/mol. The lowest BCUT2D eigenvalue weighted by Crippen LogP contribution is -2.48. The highest BCUT2D eigenvalue weighted by Crippen LogP contribution is 2.23. The van der Waals surface area contributed by atoms with Crippen LogP contribution in [0, 0.1) is 6.92 Å². The van der Waals surface area contributed by atoms with Crippen molar-refractivity contribution in [2.24, 2.45) is 11.5 Å². The van der Waals surface area contributed by atoms with Crippen molar-refractivity contribution >= 4 is 11.5 Å². The minimum Gasteiger partial charge on any atom is -0.326 e. The van der Waals surface area contributed by atoms with Crippen molar-refractivity contribution in [3.63, 3.8) is 0 Å². The van der Waals surface area contributed by atoms with Gasteiger partial charge in [-0.3, -0.25) is 0 Å². The van der Waals surface area contributed by atoms with Gasteiger partial charge in [0.15, 0.2) is 0 Å². The van der Waals surface area contributed by atoms with Crippen molar-refractivity contribution in [3.05, 3.63) is 46.2 Å². The zero-order valence-electron chi connectivity index (χ0n) is 11.6. The van der Waals surface area contributed by atoms with Gasteiger partial charge in [0.05, 0.1) is 5.54 Å². The molecule has 0 amide bonds. The van der Waals surface area contributed by atoms with Crippen molar-refractivity contribution in [2.75, 3.05) is 0 Å². The van der Waals surface area contributed by atoms with Gasteiger partial charge in [0, 0.05) is 12.5 Å². The molecule has 0 saturated heterocycles. The van der Waals surface area contributed by atoms with Crippen LogP contribution in [0.5, 0.6) is 0 Å². The van der Waals surface area contributed by atoms with Crippen LogP contribution in [0.3, 0.4) is 0 Å². The predicted molar refractivity (Wildman–Crippen MR) is 79.1 cm³/mol. The van der Waals surface area contributed by atoms with Gasteiger partial charge in [0.1, 0.15) is 10.8 Å². The van der Waals surface area contributed by atoms with Crippen LogP contribution in [-0.2, 0) is 12.0 Å². The summed E-state index contributed by atoms with van der Waals surface area (Å²) in [7, 11) is 0. The van der Waals surface area contributed by atoms with Crippen molar-refractivity contribution in [3.8, 4) is 0 Å². The Labute approximate surface area is 118 Å². The van der Waals surface area contributed by atoms with E-state index in [9.17, 15) is 0 Å². The molecule has 2 unspecified atom stereocenters. The molecular formula is C14H20N4S. The molecule has 4 nitrogen and oxygen atoms in total. The highest BCUT2D eigenvalue weighted by Gasteiger charge is 2.30. The van der Waals surface area contributed by atoms with Crippen LogP contribution in [0.15, 0.2) is 24.3 Å². The predicted octanol–water partition coefficient (Wildman–Crippen LogP) is 1.96. The van der Waals surface area contributed by atoms with E-state index < -0.39 is 5.54 Å². The van der Waals surface area contributed by atoms with E-state index in [1.807, 2.05) is 13.8 Å². The fraction of sp³-hybridized carbons (Fsp3) is 0.429. The molecule has 0 spiro atoms. The maximum Gasteiger partial charge on any atom is 0.147 e. The Balaban J connectivity index is 2.16. The van der Waals surface area contributed by atoms with Gasteiger partial charge >= 0.3 is 0 Å². The van der Waals surface area contributed by atoms with Crippen LogP contribution in [0.2, 0.25) is 0 Å². The quantitative estimate of drug-likeness (QED) is 0.895. The Morgan fingerprint density at radius 3 is 2.53 bits per heavy atom. The lowest BCUT2D eigenvalue weighted by atomic mass is 9.97. The molecule has 0 aliphatic carbocycles. The van der Waals surface area contributed by atoms with Crippen molar-refractivity contribution < 1.29 is 0 Å². The van der Waals surface area contributed by atoms with Crippen LogP contribution < -0.4 is 11.5 Å². The maximum atomic E-state index is 6.19. The molecule has 1 aromatic heterocycles. The third kappa shape index (κ3) is 3.18. The summed E-state index contributed by atoms with van der Waals surface area (Å²) >= 11 is 1.34. The first-order valence-corrected chi connectivity index (χ1v) is 7.10. The number of nitrogens with two attached hydrogens (primary N) is 2. The second-order valence-electron chi connectivity index (χ2n) is 5.25. The summed E-state index contributed by atoms with van der Waals surface area (Å²) in [5.41, 5.74) is 13.9. The van der Waals surface area contributed by atoms with E-state index in [1.165, 1.54) is 22.7 Å². The lowest BCUT2D eigenvalue weighted by Gasteiger charge is -2.25. The van der Waals surface area contributed by atoms with Crippen LogP contribution in [0.25, 0.3) is 0 Å². The summed E-state index contributed by atoms with van der Waals surface area (Å²) in [5, 5.41) is 0.796. The summed E-state index contributed by atoms with van der Waals surface area (Å²) in [6.07, 6.45) is 0.728. The Morgan fingerprint density at radius 1 is 1.32 bits per heavy atom. The topological polar surface area (TPSA) is 77.8 Å². The standard InChI is InChI=1S/C14H20N4S/c1-9-4-6-11(7-5-9)8-12-17-13(19-18-12)14(3,16)10(2)15/h4-7,10H,8,15-16H2,1-3H3. The van der Waals surface area contributed by atoms with Gasteiger partial charge in [-0.15, -0.1) is 0 Å². The van der Waals surface area contributed by atoms with E-state index in [1.54, 1.807) is 0 Å². The van der Waals surface area contributed by atoms with Gasteiger partial charge in [0.25, 0.3) is 0 Å². The van der Waals surface area contributed by atoms with Crippen molar-refractivity contribution in [2.45, 2.75) is 38.8 Å². The van der Waals surface area contributed by atoms with E-state index in [0.29, 0.717) is 0 Å². The average Bonchev–Trinajstić information content (AvgIpc) is 2.81. The molecule has 19 heavy (non-hydrogen) atoms. The molecule has 102 valence electrons. The maximum absolute atomic E-state index is 6.19. The third-order valence-electron chi connectivity index (χ3n) is 3.36. The summed E-state index contributed by atoms with van der Waals surface area (Å²) in [6, 6.07) is 8.23. The SMILES string of the molecule is Cc1ccc(Cc2nsc(C(C)(N)C(C)N)n2)cc1. The van der Waals surface area contributed by atoms with Gasteiger partial charge < -0.3 is 11.5 Å². The van der Waals surface area contributed by atoms with Crippen LogP contribution in [-0.4, -0.2) is 15.4 Å². The normalized spacial score (nSPS) is 16.1. The Morgan fingerprint density at radius 2 is 1.95 bits per heavy atom. The van der Waals surface area contributed by atoms with Crippen LogP contribution in [0.4, 0.5) is 0 Å². The Bertz CT molecular complexity index is 543. The van der Waals surface area contributed by atoms with E-state index in [4.69, 9.17) is 11.5 Å². The molecule has 0 fully saturated rings. The molecule has 0 aliphatic rings. The van der Waals surface area contributed by atoms with Gasteiger partial charge in [-0.1, -0.05) is 29.8 Å². The smallest absolute Gasteiger partial charge is 0.147 e. The summed E-state index contributed by atoms with van der Waals surface area (Å²) in [6.45, 7) is 5.86. The molecule has 4 N–H and O–H groups in total. The monoisotopic (exact) mass is 276 g/mol. The lowest BCUT2D eigenvalue weighted by molar-refractivity contribution is 0.407. The molecule has 5 heteroatoms. The number of nitrogens with zero attached hydrogens (tertiary/aromatic N) is 2. The van der Waals surface area contributed by atoms with E-state index in [2.05, 4.69) is 40.5 Å². The second kappa shape index (κ2) is 5.36. The molecule has 2 rings (SSSR count). The Kier molecular flexibility index (Phi) is 3.99. The molecule has 0 radical (unpaired) electrons. The minimum absolute atomic E-state index is 0.160. The summed E-state index contributed by atoms with van der Waals surface area (Å²) < 4.78 is 4.38. The Hall–Kier alpha value is -1.30. The molecule has 2 atom stereocenters. The van der Waals surface area contributed by atoms with Gasteiger partial charge in [0.2, 0.25) is 0 Å². The summed E-state index contributed by atoms with van der Waals surface area (Å²) in [5.74, 6) is 0.807. The molecule has 1 heterocycles. The first kappa shape index (κ1) is 14.1. The minimum atomic E-state index is -0.622. The zero-order valence-corrected chi connectivity index (χ0v) is 12.4. The largest absolute Gasteiger partial charge is 0.326 e. The number of benzene rings is 1. The first-order chi connectivity index (χ1) is 8.89. The fourth-order valence-electron chi connectivity index (χ4n) is 1.63. The number of rotatable bonds is 4. The van der Waals surface area contributed by atoms with Crippen molar-refractivity contribution in [1.29, 1.82) is 0 Å². The number of aryl methyl sites for hydroxylation is 1.